The topological polar surface area (TPSA) is 23.8 Å². The van der Waals surface area contributed by atoms with Crippen molar-refractivity contribution in [2.24, 2.45) is 5.92 Å². The second-order valence-electron chi connectivity index (χ2n) is 4.00. The molecule has 1 aromatic rings. The molecule has 0 fully saturated rings. The number of benzene rings is 1. The van der Waals surface area contributed by atoms with Gasteiger partial charge in [0.15, 0.2) is 0 Å². The lowest BCUT2D eigenvalue weighted by Gasteiger charge is -2.17. The van der Waals surface area contributed by atoms with Crippen LogP contribution >= 0.6 is 0 Å². The predicted octanol–water partition coefficient (Wildman–Crippen LogP) is 3.60. The lowest BCUT2D eigenvalue weighted by molar-refractivity contribution is 0.468. The molecule has 0 aliphatic carbocycles. The Morgan fingerprint density at radius 3 is 1.93 bits per heavy atom. The summed E-state index contributed by atoms with van der Waals surface area (Å²) in [6.07, 6.45) is 0. The van der Waals surface area contributed by atoms with Gasteiger partial charge in [-0.1, -0.05) is 20.8 Å². The first-order valence-electron chi connectivity index (χ1n) is 4.86. The van der Waals surface area contributed by atoms with Crippen molar-refractivity contribution in [1.82, 2.24) is 0 Å². The Balaban J connectivity index is 3.27. The number of nitriles is 1. The number of hydrogen-bond donors (Lipinski definition) is 0. The summed E-state index contributed by atoms with van der Waals surface area (Å²) in [5, 5.41) is 8.54. The molecule has 0 radical (unpaired) electrons. The highest BCUT2D eigenvalue weighted by Gasteiger charge is 2.19. The molecular formula is C12H13F2N. The van der Waals surface area contributed by atoms with Gasteiger partial charge >= 0.3 is 0 Å². The summed E-state index contributed by atoms with van der Waals surface area (Å²) in [4.78, 5) is 0. The third-order valence-electron chi connectivity index (χ3n) is 2.66. The van der Waals surface area contributed by atoms with Crippen LogP contribution in [0, 0.1) is 28.9 Å². The highest BCUT2D eigenvalue weighted by molar-refractivity contribution is 5.35. The Labute approximate surface area is 88.3 Å². The SMILES string of the molecule is CC(C)[C@@H](C)c1c(F)cc(C#N)cc1F. The highest BCUT2D eigenvalue weighted by atomic mass is 19.1. The summed E-state index contributed by atoms with van der Waals surface area (Å²) in [6.45, 7) is 5.59. The summed E-state index contributed by atoms with van der Waals surface area (Å²) >= 11 is 0. The summed E-state index contributed by atoms with van der Waals surface area (Å²) in [5.41, 5.74) is 0.0914. The van der Waals surface area contributed by atoms with E-state index in [4.69, 9.17) is 5.26 Å². The fraction of sp³-hybridized carbons (Fsp3) is 0.417. The molecule has 0 saturated heterocycles. The molecule has 3 heteroatoms. The molecular weight excluding hydrogens is 196 g/mol. The molecule has 0 heterocycles. The van der Waals surface area contributed by atoms with E-state index in [-0.39, 0.29) is 23.0 Å². The van der Waals surface area contributed by atoms with Gasteiger partial charge in [0.05, 0.1) is 11.6 Å². The Morgan fingerprint density at radius 2 is 1.60 bits per heavy atom. The maximum absolute atomic E-state index is 13.5. The largest absolute Gasteiger partial charge is 0.207 e. The van der Waals surface area contributed by atoms with Gasteiger partial charge < -0.3 is 0 Å². The maximum atomic E-state index is 13.5. The van der Waals surface area contributed by atoms with Crippen molar-refractivity contribution in [3.8, 4) is 6.07 Å². The Morgan fingerprint density at radius 1 is 1.13 bits per heavy atom. The third kappa shape index (κ3) is 2.33. The van der Waals surface area contributed by atoms with Gasteiger partial charge in [-0.15, -0.1) is 0 Å². The van der Waals surface area contributed by atoms with Gasteiger partial charge in [-0.05, 0) is 24.0 Å². The van der Waals surface area contributed by atoms with Crippen LogP contribution < -0.4 is 0 Å². The van der Waals surface area contributed by atoms with Crippen molar-refractivity contribution < 1.29 is 8.78 Å². The molecule has 0 amide bonds. The highest BCUT2D eigenvalue weighted by Crippen LogP contribution is 2.29. The smallest absolute Gasteiger partial charge is 0.130 e. The molecule has 1 rings (SSSR count). The van der Waals surface area contributed by atoms with E-state index >= 15 is 0 Å². The summed E-state index contributed by atoms with van der Waals surface area (Å²) < 4.78 is 27.0. The van der Waals surface area contributed by atoms with Crippen LogP contribution in [0.25, 0.3) is 0 Å². The summed E-state index contributed by atoms with van der Waals surface area (Å²) in [7, 11) is 0. The normalized spacial score (nSPS) is 12.6. The van der Waals surface area contributed by atoms with Crippen molar-refractivity contribution in [3.05, 3.63) is 34.9 Å². The minimum atomic E-state index is -0.632. The van der Waals surface area contributed by atoms with Crippen LogP contribution in [0.1, 0.15) is 37.8 Å². The summed E-state index contributed by atoms with van der Waals surface area (Å²) in [6, 6.07) is 3.89. The molecule has 0 saturated carbocycles. The number of nitrogens with zero attached hydrogens (tertiary/aromatic N) is 1. The Kier molecular flexibility index (Phi) is 3.41. The van der Waals surface area contributed by atoms with Crippen LogP contribution in [0.4, 0.5) is 8.78 Å². The first kappa shape index (κ1) is 11.6. The van der Waals surface area contributed by atoms with Gasteiger partial charge in [-0.3, -0.25) is 0 Å². The van der Waals surface area contributed by atoms with Crippen LogP contribution in [-0.2, 0) is 0 Å². The van der Waals surface area contributed by atoms with E-state index in [0.717, 1.165) is 12.1 Å². The Hall–Kier alpha value is -1.43. The molecule has 0 unspecified atom stereocenters. The fourth-order valence-electron chi connectivity index (χ4n) is 1.42. The molecule has 1 aromatic carbocycles. The van der Waals surface area contributed by atoms with Gasteiger partial charge in [-0.25, -0.2) is 8.78 Å². The van der Waals surface area contributed by atoms with Crippen LogP contribution in [0.3, 0.4) is 0 Å². The van der Waals surface area contributed by atoms with E-state index < -0.39 is 11.6 Å². The monoisotopic (exact) mass is 209 g/mol. The summed E-state index contributed by atoms with van der Waals surface area (Å²) in [5.74, 6) is -1.31. The van der Waals surface area contributed by atoms with Gasteiger partial charge in [-0.2, -0.15) is 5.26 Å². The number of halogens is 2. The van der Waals surface area contributed by atoms with Crippen molar-refractivity contribution in [1.29, 1.82) is 5.26 Å². The lowest BCUT2D eigenvalue weighted by atomic mass is 9.89. The molecule has 0 spiro atoms. The van der Waals surface area contributed by atoms with Gasteiger partial charge in [0.25, 0.3) is 0 Å². The second-order valence-corrected chi connectivity index (χ2v) is 4.00. The van der Waals surface area contributed by atoms with E-state index in [1.165, 1.54) is 0 Å². The first-order valence-corrected chi connectivity index (χ1v) is 4.86. The van der Waals surface area contributed by atoms with Crippen molar-refractivity contribution >= 4 is 0 Å². The number of hydrogen-bond acceptors (Lipinski definition) is 1. The van der Waals surface area contributed by atoms with E-state index in [2.05, 4.69) is 0 Å². The van der Waals surface area contributed by atoms with Crippen LogP contribution in [0.2, 0.25) is 0 Å². The first-order chi connectivity index (χ1) is 6.97. The van der Waals surface area contributed by atoms with E-state index in [1.807, 2.05) is 13.8 Å². The maximum Gasteiger partial charge on any atom is 0.130 e. The standard InChI is InChI=1S/C12H13F2N/c1-7(2)8(3)12-10(13)4-9(6-15)5-11(12)14/h4-5,7-8H,1-3H3/t8-/m1/s1. The van der Waals surface area contributed by atoms with Crippen molar-refractivity contribution in [2.75, 3.05) is 0 Å². The van der Waals surface area contributed by atoms with E-state index in [0.29, 0.717) is 0 Å². The zero-order valence-electron chi connectivity index (χ0n) is 9.01. The minimum absolute atomic E-state index is 0.0182. The molecule has 0 aliphatic rings. The van der Waals surface area contributed by atoms with E-state index in [9.17, 15) is 8.78 Å². The minimum Gasteiger partial charge on any atom is -0.207 e. The average Bonchev–Trinajstić information content (AvgIpc) is 2.16. The molecule has 0 aromatic heterocycles. The zero-order valence-corrected chi connectivity index (χ0v) is 9.01. The lowest BCUT2D eigenvalue weighted by Crippen LogP contribution is -2.08. The predicted molar refractivity (Wildman–Crippen MR) is 54.3 cm³/mol. The van der Waals surface area contributed by atoms with Crippen LogP contribution in [0.15, 0.2) is 12.1 Å². The van der Waals surface area contributed by atoms with Crippen molar-refractivity contribution in [2.45, 2.75) is 26.7 Å². The molecule has 80 valence electrons. The molecule has 1 atom stereocenters. The molecule has 0 bridgehead atoms. The van der Waals surface area contributed by atoms with E-state index in [1.54, 1.807) is 13.0 Å². The van der Waals surface area contributed by atoms with Crippen LogP contribution in [-0.4, -0.2) is 0 Å². The zero-order chi connectivity index (χ0) is 11.6. The fourth-order valence-corrected chi connectivity index (χ4v) is 1.42. The average molecular weight is 209 g/mol. The quantitative estimate of drug-likeness (QED) is 0.730. The van der Waals surface area contributed by atoms with Gasteiger partial charge in [0.2, 0.25) is 0 Å². The van der Waals surface area contributed by atoms with Gasteiger partial charge in [0, 0.05) is 5.56 Å². The van der Waals surface area contributed by atoms with Crippen LogP contribution in [0.5, 0.6) is 0 Å². The molecule has 15 heavy (non-hydrogen) atoms. The third-order valence-corrected chi connectivity index (χ3v) is 2.66. The van der Waals surface area contributed by atoms with Crippen molar-refractivity contribution in [3.63, 3.8) is 0 Å². The Bertz CT molecular complexity index is 382. The second kappa shape index (κ2) is 4.39. The molecule has 0 N–H and O–H groups in total. The molecule has 1 nitrogen and oxygen atoms in total. The molecule has 0 aliphatic heterocycles. The number of rotatable bonds is 2. The van der Waals surface area contributed by atoms with Gasteiger partial charge in [0.1, 0.15) is 11.6 Å².